The first kappa shape index (κ1) is 38.2. The number of piperazine rings is 1. The van der Waals surface area contributed by atoms with Crippen LogP contribution in [0.4, 0.5) is 5.69 Å². The molecular weight excluding hydrogens is 608 g/mol. The van der Waals surface area contributed by atoms with Gasteiger partial charge in [-0.2, -0.15) is 0 Å². The summed E-state index contributed by atoms with van der Waals surface area (Å²) in [6.07, 6.45) is 17.8. The van der Waals surface area contributed by atoms with Gasteiger partial charge in [-0.3, -0.25) is 4.90 Å². The fourth-order valence-corrected chi connectivity index (χ4v) is 6.53. The van der Waals surface area contributed by atoms with Gasteiger partial charge in [0.15, 0.2) is 0 Å². The molecule has 4 rings (SSSR count). The van der Waals surface area contributed by atoms with Gasteiger partial charge in [0.1, 0.15) is 5.75 Å². The van der Waals surface area contributed by atoms with Gasteiger partial charge < -0.3 is 14.4 Å². The van der Waals surface area contributed by atoms with Gasteiger partial charge in [0.05, 0.1) is 17.2 Å². The maximum absolute atomic E-state index is 12.9. The third kappa shape index (κ3) is 13.3. The first-order chi connectivity index (χ1) is 24.0. The van der Waals surface area contributed by atoms with E-state index in [1.807, 2.05) is 55.5 Å². The van der Waals surface area contributed by atoms with Crippen LogP contribution < -0.4 is 9.64 Å². The monoisotopic (exact) mass is 668 g/mol. The van der Waals surface area contributed by atoms with E-state index in [9.17, 15) is 9.59 Å². The van der Waals surface area contributed by atoms with Gasteiger partial charge in [-0.1, -0.05) is 109 Å². The number of nitrogens with zero attached hydrogens (tertiary/aromatic N) is 2. The number of anilines is 1. The maximum atomic E-state index is 12.9. The molecule has 1 aliphatic rings. The van der Waals surface area contributed by atoms with Gasteiger partial charge in [-0.15, -0.1) is 0 Å². The van der Waals surface area contributed by atoms with Crippen LogP contribution >= 0.6 is 0 Å². The minimum absolute atomic E-state index is 0.0858. The lowest BCUT2D eigenvalue weighted by molar-refractivity contribution is 0.0319. The van der Waals surface area contributed by atoms with Crippen LogP contribution in [0.1, 0.15) is 131 Å². The Hall–Kier alpha value is -3.64. The topological polar surface area (TPSA) is 59.1 Å². The molecule has 1 atom stereocenters. The van der Waals surface area contributed by atoms with Crippen molar-refractivity contribution >= 4 is 17.6 Å². The zero-order valence-electron chi connectivity index (χ0n) is 30.5. The maximum Gasteiger partial charge on any atom is 0.343 e. The van der Waals surface area contributed by atoms with Crippen LogP contribution in [-0.2, 0) is 4.74 Å². The molecule has 0 radical (unpaired) electrons. The molecule has 3 aromatic rings. The SMILES string of the molecule is CCCCCCCCCCCN1CCN(c2ccc(C(=O)Oc3ccc(-c4ccc(C(=O)O[C@H](C)CCCCCC)cc4)cc3)cc2)CC1. The van der Waals surface area contributed by atoms with E-state index in [1.54, 1.807) is 24.3 Å². The molecule has 0 saturated carbocycles. The second-order valence-electron chi connectivity index (χ2n) is 13.8. The Bertz CT molecular complexity index is 1360. The molecule has 0 N–H and O–H groups in total. The van der Waals surface area contributed by atoms with Crippen LogP contribution in [0, 0.1) is 0 Å². The highest BCUT2D eigenvalue weighted by molar-refractivity contribution is 5.92. The molecule has 0 unspecified atom stereocenters. The highest BCUT2D eigenvalue weighted by atomic mass is 16.5. The van der Waals surface area contributed by atoms with E-state index in [1.165, 1.54) is 83.6 Å². The largest absolute Gasteiger partial charge is 0.459 e. The summed E-state index contributed by atoms with van der Waals surface area (Å²) < 4.78 is 11.3. The Balaban J connectivity index is 1.16. The van der Waals surface area contributed by atoms with E-state index in [0.29, 0.717) is 16.9 Å². The minimum Gasteiger partial charge on any atom is -0.459 e. The lowest BCUT2D eigenvalue weighted by Gasteiger charge is -2.36. The Morgan fingerprint density at radius 2 is 1.08 bits per heavy atom. The van der Waals surface area contributed by atoms with Crippen molar-refractivity contribution in [2.24, 2.45) is 0 Å². The average Bonchev–Trinajstić information content (AvgIpc) is 3.13. The van der Waals surface area contributed by atoms with E-state index < -0.39 is 0 Å². The third-order valence-corrected chi connectivity index (χ3v) is 9.71. The van der Waals surface area contributed by atoms with Crippen LogP contribution in [0.2, 0.25) is 0 Å². The van der Waals surface area contributed by atoms with E-state index in [2.05, 4.69) is 23.6 Å². The number of carbonyl (C=O) groups excluding carboxylic acids is 2. The predicted molar refractivity (Wildman–Crippen MR) is 203 cm³/mol. The van der Waals surface area contributed by atoms with E-state index in [0.717, 1.165) is 55.8 Å². The standard InChI is InChI=1S/C43H60N2O4/c1-4-6-8-10-11-12-13-14-16-30-44-31-33-45(34-32-44)40-26-22-39(23-27-40)43(47)49-41-28-24-37(25-29-41)36-18-20-38(21-19-36)42(46)48-35(3)17-15-9-7-5-2/h18-29,35H,4-17,30-34H2,1-3H3/t35-/m1/s1. The molecule has 0 amide bonds. The summed E-state index contributed by atoms with van der Waals surface area (Å²) in [4.78, 5) is 30.5. The van der Waals surface area contributed by atoms with Crippen molar-refractivity contribution in [3.63, 3.8) is 0 Å². The number of hydrogen-bond acceptors (Lipinski definition) is 6. The number of carbonyl (C=O) groups is 2. The fourth-order valence-electron chi connectivity index (χ4n) is 6.53. The van der Waals surface area contributed by atoms with E-state index >= 15 is 0 Å². The summed E-state index contributed by atoms with van der Waals surface area (Å²) in [7, 11) is 0. The second kappa shape index (κ2) is 21.4. The van der Waals surface area contributed by atoms with Crippen molar-refractivity contribution in [2.45, 2.75) is 117 Å². The molecule has 0 spiro atoms. The molecule has 1 saturated heterocycles. The number of unbranched alkanes of at least 4 members (excludes halogenated alkanes) is 11. The van der Waals surface area contributed by atoms with Crippen molar-refractivity contribution in [1.29, 1.82) is 0 Å². The molecule has 0 aliphatic carbocycles. The molecule has 6 nitrogen and oxygen atoms in total. The van der Waals surface area contributed by atoms with Crippen LogP contribution in [0.25, 0.3) is 11.1 Å². The first-order valence-electron chi connectivity index (χ1n) is 19.2. The van der Waals surface area contributed by atoms with Gasteiger partial charge in [0.25, 0.3) is 0 Å². The normalized spacial score (nSPS) is 14.1. The molecule has 266 valence electrons. The lowest BCUT2D eigenvalue weighted by Crippen LogP contribution is -2.46. The van der Waals surface area contributed by atoms with Crippen molar-refractivity contribution in [2.75, 3.05) is 37.6 Å². The molecule has 1 fully saturated rings. The summed E-state index contributed by atoms with van der Waals surface area (Å²) >= 11 is 0. The average molecular weight is 669 g/mol. The Kier molecular flexibility index (Phi) is 16.7. The molecule has 3 aromatic carbocycles. The molecule has 0 aromatic heterocycles. The molecule has 1 heterocycles. The zero-order chi connectivity index (χ0) is 34.7. The third-order valence-electron chi connectivity index (χ3n) is 9.71. The van der Waals surface area contributed by atoms with Gasteiger partial charge >= 0.3 is 11.9 Å². The smallest absolute Gasteiger partial charge is 0.343 e. The first-order valence-corrected chi connectivity index (χ1v) is 19.2. The van der Waals surface area contributed by atoms with Gasteiger partial charge in [0.2, 0.25) is 0 Å². The summed E-state index contributed by atoms with van der Waals surface area (Å²) in [5.74, 6) is -0.159. The van der Waals surface area contributed by atoms with Gasteiger partial charge in [0, 0.05) is 31.9 Å². The number of hydrogen-bond donors (Lipinski definition) is 0. The summed E-state index contributed by atoms with van der Waals surface area (Å²) in [5.41, 5.74) is 4.19. The highest BCUT2D eigenvalue weighted by Gasteiger charge is 2.18. The van der Waals surface area contributed by atoms with Crippen molar-refractivity contribution in [1.82, 2.24) is 4.90 Å². The van der Waals surface area contributed by atoms with Crippen LogP contribution in [0.15, 0.2) is 72.8 Å². The summed E-state index contributed by atoms with van der Waals surface area (Å²) in [5, 5.41) is 0. The number of ether oxygens (including phenoxy) is 2. The molecule has 1 aliphatic heterocycles. The van der Waals surface area contributed by atoms with E-state index in [-0.39, 0.29) is 18.0 Å². The fraction of sp³-hybridized carbons (Fsp3) is 0.535. The predicted octanol–water partition coefficient (Wildman–Crippen LogP) is 10.7. The Labute approximate surface area is 296 Å². The number of rotatable bonds is 21. The van der Waals surface area contributed by atoms with Gasteiger partial charge in [-0.05, 0) is 92.4 Å². The molecule has 0 bridgehead atoms. The van der Waals surface area contributed by atoms with Gasteiger partial charge in [-0.25, -0.2) is 9.59 Å². The van der Waals surface area contributed by atoms with Crippen molar-refractivity contribution in [3.8, 4) is 16.9 Å². The van der Waals surface area contributed by atoms with Crippen LogP contribution in [-0.4, -0.2) is 55.7 Å². The van der Waals surface area contributed by atoms with Crippen molar-refractivity contribution < 1.29 is 19.1 Å². The van der Waals surface area contributed by atoms with Crippen molar-refractivity contribution in [3.05, 3.63) is 83.9 Å². The van der Waals surface area contributed by atoms with E-state index in [4.69, 9.17) is 9.47 Å². The quantitative estimate of drug-likeness (QED) is 0.0640. The Morgan fingerprint density at radius 3 is 1.67 bits per heavy atom. The zero-order valence-corrected chi connectivity index (χ0v) is 30.5. The minimum atomic E-state index is -0.368. The number of benzene rings is 3. The molecular formula is C43H60N2O4. The molecule has 6 heteroatoms. The summed E-state index contributed by atoms with van der Waals surface area (Å²) in [6.45, 7) is 11.8. The molecule has 49 heavy (non-hydrogen) atoms. The highest BCUT2D eigenvalue weighted by Crippen LogP contribution is 2.25. The van der Waals surface area contributed by atoms with Crippen LogP contribution in [0.5, 0.6) is 5.75 Å². The Morgan fingerprint density at radius 1 is 0.592 bits per heavy atom. The van der Waals surface area contributed by atoms with Crippen LogP contribution in [0.3, 0.4) is 0 Å². The lowest BCUT2D eigenvalue weighted by atomic mass is 10.0. The second-order valence-corrected chi connectivity index (χ2v) is 13.8. The number of esters is 2. The summed E-state index contributed by atoms with van der Waals surface area (Å²) in [6, 6.07) is 22.7.